The van der Waals surface area contributed by atoms with E-state index >= 15 is 0 Å². The van der Waals surface area contributed by atoms with Crippen LogP contribution in [0.15, 0.2) is 85.2 Å². The second-order valence-corrected chi connectivity index (χ2v) is 13.0. The van der Waals surface area contributed by atoms with Gasteiger partial charge >= 0.3 is 0 Å². The topological polar surface area (TPSA) is 57.4 Å². The van der Waals surface area contributed by atoms with E-state index in [4.69, 9.17) is 0 Å². The van der Waals surface area contributed by atoms with Gasteiger partial charge < -0.3 is 9.13 Å². The number of hydrogen-bond donors (Lipinski definition) is 0. The second-order valence-electron chi connectivity index (χ2n) is 13.0. The van der Waals surface area contributed by atoms with Gasteiger partial charge in [0.2, 0.25) is 0 Å². The largest absolute Gasteiger partial charge is 0.347 e. The third-order valence-electron chi connectivity index (χ3n) is 9.46. The summed E-state index contributed by atoms with van der Waals surface area (Å²) in [6.45, 7) is 6.43. The highest BCUT2D eigenvalue weighted by Crippen LogP contribution is 2.31. The van der Waals surface area contributed by atoms with Crippen LogP contribution in [0, 0.1) is 22.7 Å². The van der Waals surface area contributed by atoms with E-state index in [1.807, 2.05) is 36.4 Å². The lowest BCUT2D eigenvalue weighted by atomic mass is 10.0. The fraction of sp³-hybridized carbons (Fsp3) is 0.364. The van der Waals surface area contributed by atoms with Gasteiger partial charge in [-0.05, 0) is 48.3 Å². The van der Waals surface area contributed by atoms with Crippen molar-refractivity contribution in [3.05, 3.63) is 107 Å². The van der Waals surface area contributed by atoms with Crippen molar-refractivity contribution in [3.63, 3.8) is 0 Å². The van der Waals surface area contributed by atoms with E-state index < -0.39 is 0 Å². The molecule has 0 spiro atoms. The summed E-state index contributed by atoms with van der Waals surface area (Å²) >= 11 is 0. The highest BCUT2D eigenvalue weighted by Gasteiger charge is 2.14. The van der Waals surface area contributed by atoms with Gasteiger partial charge in [-0.3, -0.25) is 0 Å². The zero-order chi connectivity index (χ0) is 33.6. The summed E-state index contributed by atoms with van der Waals surface area (Å²) in [5, 5.41) is 22.7. The Morgan fingerprint density at radius 1 is 0.521 bits per heavy atom. The van der Waals surface area contributed by atoms with Gasteiger partial charge in [0.25, 0.3) is 0 Å². The maximum atomic E-state index is 10.3. The van der Waals surface area contributed by atoms with Crippen molar-refractivity contribution < 1.29 is 0 Å². The first-order valence-corrected chi connectivity index (χ1v) is 18.2. The summed E-state index contributed by atoms with van der Waals surface area (Å²) in [6, 6.07) is 29.9. The predicted octanol–water partition coefficient (Wildman–Crippen LogP) is 12.4. The van der Waals surface area contributed by atoms with E-state index in [9.17, 15) is 10.5 Å². The summed E-state index contributed by atoms with van der Waals surface area (Å²) in [4.78, 5) is 0. The number of aromatic nitrogens is 2. The Morgan fingerprint density at radius 2 is 0.896 bits per heavy atom. The average Bonchev–Trinajstić information content (AvgIpc) is 3.68. The van der Waals surface area contributed by atoms with Crippen LogP contribution in [0.5, 0.6) is 0 Å². The molecule has 2 aromatic heterocycles. The SMILES string of the molecule is CCCCCCCCn1cc(/C(C#N)=C/c2ccc(/C=C(\C#N)c3cn(CCCCCCCC)c4ccccc34)cc2)c2ccccc21. The number of hydrogen-bond acceptors (Lipinski definition) is 2. The summed E-state index contributed by atoms with van der Waals surface area (Å²) < 4.78 is 4.63. The van der Waals surface area contributed by atoms with E-state index in [-0.39, 0.29) is 0 Å². The van der Waals surface area contributed by atoms with Crippen molar-refractivity contribution in [3.8, 4) is 12.1 Å². The van der Waals surface area contributed by atoms with Crippen molar-refractivity contribution in [2.24, 2.45) is 0 Å². The van der Waals surface area contributed by atoms with E-state index in [2.05, 4.69) is 96.0 Å². The van der Waals surface area contributed by atoms with Crippen LogP contribution in [0.25, 0.3) is 45.1 Å². The highest BCUT2D eigenvalue weighted by molar-refractivity contribution is 6.03. The molecule has 0 unspecified atom stereocenters. The van der Waals surface area contributed by atoms with Crippen LogP contribution in [-0.4, -0.2) is 9.13 Å². The Kier molecular flexibility index (Phi) is 12.9. The first-order chi connectivity index (χ1) is 23.7. The van der Waals surface area contributed by atoms with Crippen molar-refractivity contribution >= 4 is 45.1 Å². The molecule has 246 valence electrons. The van der Waals surface area contributed by atoms with Crippen LogP contribution in [0.4, 0.5) is 0 Å². The van der Waals surface area contributed by atoms with Crippen LogP contribution >= 0.6 is 0 Å². The standard InChI is InChI=1S/C44H50N4/c1-3-5-7-9-11-17-27-47-33-41(39-19-13-15-21-43(39)47)37(31-45)29-35-23-25-36(26-24-35)30-38(32-46)42-34-48(28-18-12-10-8-6-4-2)44-22-16-14-20-40(42)44/h13-16,19-26,29-30,33-34H,3-12,17-18,27-28H2,1-2H3/b37-29+,38-30+. The molecule has 0 aliphatic heterocycles. The number of benzene rings is 3. The maximum absolute atomic E-state index is 10.3. The molecule has 0 bridgehead atoms. The van der Waals surface area contributed by atoms with Crippen LogP contribution in [-0.2, 0) is 13.1 Å². The zero-order valence-corrected chi connectivity index (χ0v) is 28.9. The molecule has 4 heteroatoms. The van der Waals surface area contributed by atoms with Gasteiger partial charge in [-0.2, -0.15) is 10.5 Å². The van der Waals surface area contributed by atoms with Crippen LogP contribution in [0.2, 0.25) is 0 Å². The van der Waals surface area contributed by atoms with Crippen molar-refractivity contribution in [1.82, 2.24) is 9.13 Å². The third kappa shape index (κ3) is 8.76. The van der Waals surface area contributed by atoms with Gasteiger partial charge in [-0.25, -0.2) is 0 Å². The smallest absolute Gasteiger partial charge is 0.0998 e. The second kappa shape index (κ2) is 17.9. The van der Waals surface area contributed by atoms with E-state index in [0.717, 1.165) is 59.0 Å². The lowest BCUT2D eigenvalue weighted by Gasteiger charge is -2.05. The quantitative estimate of drug-likeness (QED) is 0.0711. The molecule has 0 fully saturated rings. The molecule has 4 nitrogen and oxygen atoms in total. The molecular formula is C44H50N4. The normalized spacial score (nSPS) is 12.1. The molecule has 5 aromatic rings. The fourth-order valence-corrected chi connectivity index (χ4v) is 6.78. The van der Waals surface area contributed by atoms with Gasteiger partial charge in [0.15, 0.2) is 0 Å². The molecule has 3 aromatic carbocycles. The lowest BCUT2D eigenvalue weighted by molar-refractivity contribution is 0.565. The van der Waals surface area contributed by atoms with Crippen molar-refractivity contribution in [2.75, 3.05) is 0 Å². The summed E-state index contributed by atoms with van der Waals surface area (Å²) in [6.07, 6.45) is 23.4. The number of nitrogens with zero attached hydrogens (tertiary/aromatic N) is 4. The summed E-state index contributed by atoms with van der Waals surface area (Å²) in [5.41, 5.74) is 7.56. The summed E-state index contributed by atoms with van der Waals surface area (Å²) in [7, 11) is 0. The van der Waals surface area contributed by atoms with Crippen LogP contribution < -0.4 is 0 Å². The Labute approximate surface area is 287 Å². The number of para-hydroxylation sites is 2. The lowest BCUT2D eigenvalue weighted by Crippen LogP contribution is -1.96. The molecule has 2 heterocycles. The Morgan fingerprint density at radius 3 is 1.29 bits per heavy atom. The minimum Gasteiger partial charge on any atom is -0.347 e. The van der Waals surface area contributed by atoms with Gasteiger partial charge in [0.05, 0.1) is 23.3 Å². The van der Waals surface area contributed by atoms with E-state index in [1.165, 1.54) is 75.2 Å². The highest BCUT2D eigenvalue weighted by atomic mass is 15.0. The Balaban J connectivity index is 1.33. The molecular weight excluding hydrogens is 585 g/mol. The molecule has 5 rings (SSSR count). The van der Waals surface area contributed by atoms with Gasteiger partial charge in [-0.1, -0.05) is 139 Å². The molecule has 0 N–H and O–H groups in total. The molecule has 0 saturated heterocycles. The zero-order valence-electron chi connectivity index (χ0n) is 28.9. The predicted molar refractivity (Wildman–Crippen MR) is 204 cm³/mol. The molecule has 0 aliphatic carbocycles. The first kappa shape index (κ1) is 34.5. The van der Waals surface area contributed by atoms with Crippen molar-refractivity contribution in [2.45, 2.75) is 104 Å². The molecule has 0 atom stereocenters. The monoisotopic (exact) mass is 634 g/mol. The average molecular weight is 635 g/mol. The summed E-state index contributed by atoms with van der Waals surface area (Å²) in [5.74, 6) is 0. The number of nitriles is 2. The van der Waals surface area contributed by atoms with Crippen LogP contribution in [0.1, 0.15) is 113 Å². The first-order valence-electron chi connectivity index (χ1n) is 18.2. The minimum absolute atomic E-state index is 0.659. The van der Waals surface area contributed by atoms with Crippen molar-refractivity contribution in [1.29, 1.82) is 10.5 Å². The molecule has 48 heavy (non-hydrogen) atoms. The number of aryl methyl sites for hydroxylation is 2. The van der Waals surface area contributed by atoms with E-state index in [0.29, 0.717) is 11.1 Å². The minimum atomic E-state index is 0.659. The number of unbranched alkanes of at least 4 members (excludes halogenated alkanes) is 10. The fourth-order valence-electron chi connectivity index (χ4n) is 6.78. The molecule has 0 amide bonds. The maximum Gasteiger partial charge on any atom is 0.0998 e. The number of allylic oxidation sites excluding steroid dienone is 2. The number of rotatable bonds is 18. The van der Waals surface area contributed by atoms with Gasteiger partial charge in [0, 0.05) is 58.4 Å². The Hall–Kier alpha value is -4.80. The molecule has 0 saturated carbocycles. The van der Waals surface area contributed by atoms with Gasteiger partial charge in [-0.15, -0.1) is 0 Å². The molecule has 0 aliphatic rings. The number of fused-ring (bicyclic) bond motifs is 2. The van der Waals surface area contributed by atoms with Crippen LogP contribution in [0.3, 0.4) is 0 Å². The molecule has 0 radical (unpaired) electrons. The van der Waals surface area contributed by atoms with Gasteiger partial charge in [0.1, 0.15) is 0 Å². The third-order valence-corrected chi connectivity index (χ3v) is 9.46. The Bertz CT molecular complexity index is 1780. The van der Waals surface area contributed by atoms with E-state index in [1.54, 1.807) is 0 Å².